The quantitative estimate of drug-likeness (QED) is 0.219. The van der Waals surface area contributed by atoms with Gasteiger partial charge in [-0.3, -0.25) is 9.59 Å². The van der Waals surface area contributed by atoms with Crippen LogP contribution in [0.25, 0.3) is 11.1 Å². The molecule has 0 unspecified atom stereocenters. The summed E-state index contributed by atoms with van der Waals surface area (Å²) in [5.41, 5.74) is 5.99. The average Bonchev–Trinajstić information content (AvgIpc) is 3.72. The molecule has 2 saturated carbocycles. The van der Waals surface area contributed by atoms with Gasteiger partial charge in [-0.05, 0) is 126 Å². The van der Waals surface area contributed by atoms with Crippen molar-refractivity contribution in [2.24, 2.45) is 5.41 Å². The van der Waals surface area contributed by atoms with Crippen LogP contribution < -0.4 is 5.32 Å². The van der Waals surface area contributed by atoms with E-state index in [1.54, 1.807) is 14.0 Å². The van der Waals surface area contributed by atoms with Gasteiger partial charge in [-0.1, -0.05) is 62.2 Å². The van der Waals surface area contributed by atoms with Crippen molar-refractivity contribution in [3.63, 3.8) is 0 Å². The molecule has 2 aliphatic carbocycles. The molecule has 2 fully saturated rings. The lowest BCUT2D eigenvalue weighted by molar-refractivity contribution is -0.153. The number of benzene rings is 2. The molecule has 292 valence electrons. The fourth-order valence-corrected chi connectivity index (χ4v) is 8.37. The summed E-state index contributed by atoms with van der Waals surface area (Å²) in [7, 11) is 1.70. The number of hydrogen-bond acceptors (Lipinski definition) is 9. The number of hydrogen-bond donors (Lipinski definition) is 1. The van der Waals surface area contributed by atoms with Gasteiger partial charge in [0.25, 0.3) is 5.91 Å². The molecule has 0 atom stereocenters. The lowest BCUT2D eigenvalue weighted by atomic mass is 9.79. The molecule has 0 bridgehead atoms. The monoisotopic (exact) mass is 743 g/mol. The summed E-state index contributed by atoms with van der Waals surface area (Å²) in [5.74, 6) is -0.0603. The Labute approximate surface area is 320 Å². The number of rotatable bonds is 7. The van der Waals surface area contributed by atoms with Gasteiger partial charge < -0.3 is 29.0 Å². The Morgan fingerprint density at radius 3 is 2.04 bits per heavy atom. The van der Waals surface area contributed by atoms with Gasteiger partial charge in [0.1, 0.15) is 11.3 Å². The third-order valence-electron chi connectivity index (χ3n) is 10.8. The smallest absolute Gasteiger partial charge is 0.447 e. The van der Waals surface area contributed by atoms with Crippen molar-refractivity contribution in [2.45, 2.75) is 137 Å². The van der Waals surface area contributed by atoms with Crippen molar-refractivity contribution in [1.82, 2.24) is 5.32 Å². The van der Waals surface area contributed by atoms with Crippen molar-refractivity contribution in [2.75, 3.05) is 13.7 Å². The van der Waals surface area contributed by atoms with E-state index in [0.29, 0.717) is 54.8 Å². The van der Waals surface area contributed by atoms with Crippen LogP contribution in [0.1, 0.15) is 124 Å². The fourth-order valence-electron chi connectivity index (χ4n) is 8.37. The average molecular weight is 744 g/mol. The number of esters is 2. The first-order chi connectivity index (χ1) is 25.4. The first kappa shape index (κ1) is 40.7. The molecular weight excluding hydrogens is 686 g/mol. The summed E-state index contributed by atoms with van der Waals surface area (Å²) in [4.78, 5) is 50.7. The highest BCUT2D eigenvalue weighted by Crippen LogP contribution is 2.50. The fraction of sp³-hybridized carbons (Fsp3) is 0.545. The summed E-state index contributed by atoms with van der Waals surface area (Å²) < 4.78 is 27.9. The van der Waals surface area contributed by atoms with Crippen molar-refractivity contribution in [1.29, 1.82) is 0 Å². The highest BCUT2D eigenvalue weighted by molar-refractivity contribution is 6.24. The van der Waals surface area contributed by atoms with Crippen LogP contribution in [0.2, 0.25) is 0 Å². The Morgan fingerprint density at radius 2 is 1.46 bits per heavy atom. The van der Waals surface area contributed by atoms with Crippen LogP contribution in [0.5, 0.6) is 0 Å². The summed E-state index contributed by atoms with van der Waals surface area (Å²) in [6.07, 6.45) is 5.90. The van der Waals surface area contributed by atoms with Gasteiger partial charge in [0.05, 0.1) is 30.2 Å². The second-order valence-electron chi connectivity index (χ2n) is 16.6. The van der Waals surface area contributed by atoms with E-state index in [4.69, 9.17) is 23.7 Å². The van der Waals surface area contributed by atoms with Crippen LogP contribution in [-0.4, -0.2) is 55.0 Å². The van der Waals surface area contributed by atoms with Gasteiger partial charge in [0, 0.05) is 7.11 Å². The molecule has 2 heterocycles. The van der Waals surface area contributed by atoms with Crippen LogP contribution in [-0.2, 0) is 38.1 Å². The normalized spacial score (nSPS) is 21.9. The molecule has 10 heteroatoms. The second-order valence-corrected chi connectivity index (χ2v) is 16.6. The zero-order valence-electron chi connectivity index (χ0n) is 33.7. The summed E-state index contributed by atoms with van der Waals surface area (Å²) in [6, 6.07) is 10.0. The Bertz CT molecular complexity index is 1840. The zero-order valence-corrected chi connectivity index (χ0v) is 33.7. The molecule has 2 aromatic rings. The van der Waals surface area contributed by atoms with E-state index >= 15 is 0 Å². The predicted molar refractivity (Wildman–Crippen MR) is 206 cm³/mol. The molecular formula is C44H57NO9. The predicted octanol–water partition coefficient (Wildman–Crippen LogP) is 8.82. The molecule has 1 N–H and O–H groups in total. The number of nitrogens with one attached hydrogen (secondary N) is 1. The zero-order chi connectivity index (χ0) is 39.6. The maximum atomic E-state index is 13.0. The molecule has 2 aliphatic heterocycles. The molecule has 6 rings (SSSR count). The molecule has 1 amide bonds. The standard InChI is InChI=1S/C23H30O4.C21H27NO5/c1-14-11-15(2)18(16(3)12-14)19-20(26-17(24)13-22(4,5)6)23(27-21(19)25)9-7-8-10-23;1-5-26-20(24)27-18-17(16-12-13(2)6-7-14(16)3)19(23)22-21(18)10-8-15(25-4)9-11-21/h11-12H,7-10,13H2,1-6H3;6-7,12,15H,5,8-11H2,1-4H3,(H,22,23). The first-order valence-corrected chi connectivity index (χ1v) is 19.2. The maximum absolute atomic E-state index is 13.0. The summed E-state index contributed by atoms with van der Waals surface area (Å²) in [5, 5.41) is 3.11. The minimum atomic E-state index is -0.778. The second kappa shape index (κ2) is 16.1. The van der Waals surface area contributed by atoms with Crippen LogP contribution in [0.3, 0.4) is 0 Å². The van der Waals surface area contributed by atoms with Crippen molar-refractivity contribution in [3.8, 4) is 0 Å². The molecule has 54 heavy (non-hydrogen) atoms. The molecule has 2 spiro atoms. The number of carbonyl (C=O) groups excluding carboxylic acids is 4. The molecule has 2 aromatic carbocycles. The van der Waals surface area contributed by atoms with E-state index in [9.17, 15) is 19.2 Å². The number of carbonyl (C=O) groups is 4. The van der Waals surface area contributed by atoms with Crippen LogP contribution in [0, 0.1) is 40.0 Å². The maximum Gasteiger partial charge on any atom is 0.513 e. The number of methoxy groups -OCH3 is 1. The third kappa shape index (κ3) is 8.59. The molecule has 0 radical (unpaired) electrons. The number of amides is 1. The van der Waals surface area contributed by atoms with E-state index < -0.39 is 17.3 Å². The van der Waals surface area contributed by atoms with Crippen molar-refractivity contribution < 1.29 is 42.9 Å². The van der Waals surface area contributed by atoms with E-state index in [0.717, 1.165) is 64.6 Å². The van der Waals surface area contributed by atoms with Crippen LogP contribution in [0.4, 0.5) is 4.79 Å². The SMILES string of the molecule is CCOC(=O)OC1=C(c2cc(C)ccc2C)C(=O)NC12CCC(OC)CC2.Cc1cc(C)c(C2=C(OC(=O)CC(C)(C)C)C3(CCCC3)OC2=O)c(C)c1. The van der Waals surface area contributed by atoms with Gasteiger partial charge in [-0.2, -0.15) is 0 Å². The molecule has 0 aromatic heterocycles. The van der Waals surface area contributed by atoms with Crippen molar-refractivity contribution in [3.05, 3.63) is 80.8 Å². The minimum absolute atomic E-state index is 0.154. The number of ether oxygens (including phenoxy) is 5. The molecule has 10 nitrogen and oxygen atoms in total. The van der Waals surface area contributed by atoms with Gasteiger partial charge in [0.2, 0.25) is 0 Å². The van der Waals surface area contributed by atoms with E-state index in [1.165, 1.54) is 0 Å². The Hall–Kier alpha value is -4.44. The van der Waals surface area contributed by atoms with Gasteiger partial charge in [-0.15, -0.1) is 0 Å². The van der Waals surface area contributed by atoms with Crippen molar-refractivity contribution >= 4 is 35.1 Å². The number of aryl methyl sites for hydroxylation is 5. The van der Waals surface area contributed by atoms with E-state index in [-0.39, 0.29) is 36.0 Å². The Kier molecular flexibility index (Phi) is 12.2. The highest BCUT2D eigenvalue weighted by Gasteiger charge is 2.53. The minimum Gasteiger partial charge on any atom is -0.447 e. The third-order valence-corrected chi connectivity index (χ3v) is 10.8. The summed E-state index contributed by atoms with van der Waals surface area (Å²) >= 11 is 0. The lowest BCUT2D eigenvalue weighted by Crippen LogP contribution is -2.49. The van der Waals surface area contributed by atoms with Crippen LogP contribution in [0.15, 0.2) is 41.9 Å². The lowest BCUT2D eigenvalue weighted by Gasteiger charge is -2.37. The Balaban J connectivity index is 0.000000208. The van der Waals surface area contributed by atoms with Crippen LogP contribution >= 0.6 is 0 Å². The summed E-state index contributed by atoms with van der Waals surface area (Å²) in [6.45, 7) is 17.9. The largest absolute Gasteiger partial charge is 0.513 e. The van der Waals surface area contributed by atoms with Gasteiger partial charge in [0.15, 0.2) is 11.4 Å². The molecule has 0 saturated heterocycles. The molecule has 4 aliphatic rings. The highest BCUT2D eigenvalue weighted by atomic mass is 16.7. The van der Waals surface area contributed by atoms with Gasteiger partial charge in [-0.25, -0.2) is 9.59 Å². The van der Waals surface area contributed by atoms with E-state index in [2.05, 4.69) is 17.4 Å². The van der Waals surface area contributed by atoms with Gasteiger partial charge >= 0.3 is 18.1 Å². The van der Waals surface area contributed by atoms with E-state index in [1.807, 2.05) is 73.6 Å². The Morgan fingerprint density at radius 1 is 0.833 bits per heavy atom. The first-order valence-electron chi connectivity index (χ1n) is 19.2. The topological polar surface area (TPSA) is 126 Å².